The molecule has 2 rings (SSSR count). The van der Waals surface area contributed by atoms with Gasteiger partial charge in [0, 0.05) is 18.0 Å². The number of nitrogens with zero attached hydrogens (tertiary/aromatic N) is 2. The van der Waals surface area contributed by atoms with Gasteiger partial charge in [0.05, 0.1) is 6.54 Å². The van der Waals surface area contributed by atoms with Crippen molar-refractivity contribution in [2.45, 2.75) is 6.54 Å². The lowest BCUT2D eigenvalue weighted by Crippen LogP contribution is -2.21. The van der Waals surface area contributed by atoms with Crippen molar-refractivity contribution in [3.63, 3.8) is 0 Å². The molecule has 0 aliphatic heterocycles. The molecular weight excluding hydrogens is 228 g/mol. The molecule has 1 N–H and O–H groups in total. The fourth-order valence-corrected chi connectivity index (χ4v) is 1.54. The van der Waals surface area contributed by atoms with Crippen molar-refractivity contribution in [1.29, 1.82) is 0 Å². The molecule has 1 aromatic carbocycles. The van der Waals surface area contributed by atoms with Crippen molar-refractivity contribution >= 4 is 0 Å². The lowest BCUT2D eigenvalue weighted by molar-refractivity contribution is 0.350. The molecule has 0 atom stereocenters. The largest absolute Gasteiger partial charge is 0.384 e. The summed E-state index contributed by atoms with van der Waals surface area (Å²) in [6, 6.07) is 9.25. The monoisotopic (exact) mass is 240 g/mol. The summed E-state index contributed by atoms with van der Waals surface area (Å²) in [7, 11) is 0. The van der Waals surface area contributed by atoms with Gasteiger partial charge < -0.3 is 5.11 Å². The van der Waals surface area contributed by atoms with E-state index < -0.39 is 0 Å². The first-order valence-corrected chi connectivity index (χ1v) is 5.50. The van der Waals surface area contributed by atoms with Crippen molar-refractivity contribution < 1.29 is 5.11 Å². The van der Waals surface area contributed by atoms with Crippen molar-refractivity contribution in [2.75, 3.05) is 6.61 Å². The van der Waals surface area contributed by atoms with Crippen LogP contribution in [0, 0.1) is 11.8 Å². The van der Waals surface area contributed by atoms with E-state index in [1.165, 1.54) is 10.8 Å². The summed E-state index contributed by atoms with van der Waals surface area (Å²) in [5, 5.41) is 8.59. The van der Waals surface area contributed by atoms with Gasteiger partial charge in [0.25, 0.3) is 0 Å². The van der Waals surface area contributed by atoms with Crippen molar-refractivity contribution in [1.82, 2.24) is 9.55 Å². The molecule has 0 amide bonds. The molecule has 18 heavy (non-hydrogen) atoms. The maximum atomic E-state index is 11.4. The Morgan fingerprint density at radius 1 is 1.28 bits per heavy atom. The van der Waals surface area contributed by atoms with Gasteiger partial charge in [0.15, 0.2) is 0 Å². The average molecular weight is 240 g/mol. The Bertz CT molecular complexity index is 633. The summed E-state index contributed by atoms with van der Waals surface area (Å²) >= 11 is 0. The number of aromatic nitrogens is 2. The van der Waals surface area contributed by atoms with Crippen LogP contribution in [0.25, 0.3) is 0 Å². The number of hydrogen-bond donors (Lipinski definition) is 1. The first-order chi connectivity index (χ1) is 8.79. The summed E-state index contributed by atoms with van der Waals surface area (Å²) in [6.45, 7) is 0.340. The standard InChI is InChI=1S/C14H12N2O2/c17-10-1-3-12-4-6-13(7-5-12)11-16-9-2-8-15-14(16)18/h2,4-9,17H,10-11H2. The molecule has 1 aromatic heterocycles. The molecular formula is C14H12N2O2. The van der Waals surface area contributed by atoms with Crippen LogP contribution in [0.3, 0.4) is 0 Å². The van der Waals surface area contributed by atoms with Gasteiger partial charge in [-0.2, -0.15) is 0 Å². The quantitative estimate of drug-likeness (QED) is 0.783. The molecule has 0 unspecified atom stereocenters. The predicted molar refractivity (Wildman–Crippen MR) is 68.0 cm³/mol. The van der Waals surface area contributed by atoms with Gasteiger partial charge in [-0.05, 0) is 23.8 Å². The molecule has 0 bridgehead atoms. The number of rotatable bonds is 2. The third-order valence-electron chi connectivity index (χ3n) is 2.40. The summed E-state index contributed by atoms with van der Waals surface area (Å²) in [5.74, 6) is 5.40. The molecule has 0 spiro atoms. The lowest BCUT2D eigenvalue weighted by Gasteiger charge is -2.04. The van der Waals surface area contributed by atoms with Gasteiger partial charge in [-0.3, -0.25) is 4.57 Å². The van der Waals surface area contributed by atoms with Crippen LogP contribution in [-0.4, -0.2) is 21.3 Å². The van der Waals surface area contributed by atoms with Gasteiger partial charge in [-0.25, -0.2) is 9.78 Å². The van der Waals surface area contributed by atoms with E-state index in [2.05, 4.69) is 16.8 Å². The normalized spacial score (nSPS) is 9.61. The van der Waals surface area contributed by atoms with E-state index in [0.29, 0.717) is 6.54 Å². The number of aliphatic hydroxyl groups is 1. The van der Waals surface area contributed by atoms with Gasteiger partial charge >= 0.3 is 5.69 Å². The fraction of sp³-hybridized carbons (Fsp3) is 0.143. The first kappa shape index (κ1) is 12.1. The molecule has 2 aromatic rings. The number of aliphatic hydroxyl groups excluding tert-OH is 1. The second-order valence-corrected chi connectivity index (χ2v) is 3.69. The highest BCUT2D eigenvalue weighted by Crippen LogP contribution is 2.04. The molecule has 0 saturated carbocycles. The van der Waals surface area contributed by atoms with Crippen molar-refractivity contribution in [2.24, 2.45) is 0 Å². The molecule has 90 valence electrons. The topological polar surface area (TPSA) is 55.1 Å². The molecule has 4 heteroatoms. The summed E-state index contributed by atoms with van der Waals surface area (Å²) in [4.78, 5) is 15.1. The molecule has 4 nitrogen and oxygen atoms in total. The Morgan fingerprint density at radius 2 is 2.06 bits per heavy atom. The number of hydrogen-bond acceptors (Lipinski definition) is 3. The zero-order chi connectivity index (χ0) is 12.8. The fourth-order valence-electron chi connectivity index (χ4n) is 1.54. The Labute approximate surface area is 105 Å². The first-order valence-electron chi connectivity index (χ1n) is 5.50. The van der Waals surface area contributed by atoms with E-state index in [-0.39, 0.29) is 12.3 Å². The summed E-state index contributed by atoms with van der Waals surface area (Å²) < 4.78 is 1.54. The van der Waals surface area contributed by atoms with E-state index in [0.717, 1.165) is 11.1 Å². The molecule has 1 heterocycles. The lowest BCUT2D eigenvalue weighted by atomic mass is 10.1. The second kappa shape index (κ2) is 5.80. The highest BCUT2D eigenvalue weighted by molar-refractivity contribution is 5.36. The maximum Gasteiger partial charge on any atom is 0.347 e. The van der Waals surface area contributed by atoms with E-state index in [1.807, 2.05) is 24.3 Å². The number of benzene rings is 1. The molecule has 0 radical (unpaired) electrons. The van der Waals surface area contributed by atoms with Gasteiger partial charge in [0.2, 0.25) is 0 Å². The van der Waals surface area contributed by atoms with E-state index >= 15 is 0 Å². The molecule has 0 aliphatic carbocycles. The van der Waals surface area contributed by atoms with Crippen LogP contribution in [0.1, 0.15) is 11.1 Å². The third kappa shape index (κ3) is 3.06. The Hall–Kier alpha value is -2.38. The van der Waals surface area contributed by atoms with Crippen LogP contribution < -0.4 is 5.69 Å². The van der Waals surface area contributed by atoms with E-state index in [1.54, 1.807) is 12.3 Å². The van der Waals surface area contributed by atoms with Crippen molar-refractivity contribution in [3.05, 3.63) is 64.3 Å². The highest BCUT2D eigenvalue weighted by atomic mass is 16.2. The smallest absolute Gasteiger partial charge is 0.347 e. The highest BCUT2D eigenvalue weighted by Gasteiger charge is 1.97. The van der Waals surface area contributed by atoms with Gasteiger partial charge in [0.1, 0.15) is 6.61 Å². The van der Waals surface area contributed by atoms with Crippen LogP contribution in [0.5, 0.6) is 0 Å². The zero-order valence-electron chi connectivity index (χ0n) is 9.71. The zero-order valence-corrected chi connectivity index (χ0v) is 9.71. The molecule has 0 saturated heterocycles. The predicted octanol–water partition coefficient (Wildman–Crippen LogP) is 0.635. The van der Waals surface area contributed by atoms with Crippen molar-refractivity contribution in [3.8, 4) is 11.8 Å². The maximum absolute atomic E-state index is 11.4. The van der Waals surface area contributed by atoms with Crippen LogP contribution in [0.2, 0.25) is 0 Å². The summed E-state index contributed by atoms with van der Waals surface area (Å²) in [5.41, 5.74) is 1.58. The third-order valence-corrected chi connectivity index (χ3v) is 2.40. The SMILES string of the molecule is O=c1ncccn1Cc1ccc(C#CCO)cc1. The van der Waals surface area contributed by atoms with E-state index in [4.69, 9.17) is 5.11 Å². The van der Waals surface area contributed by atoms with Gasteiger partial charge in [-0.15, -0.1) is 0 Å². The minimum Gasteiger partial charge on any atom is -0.384 e. The van der Waals surface area contributed by atoms with Crippen LogP contribution in [0.4, 0.5) is 0 Å². The van der Waals surface area contributed by atoms with Crippen LogP contribution >= 0.6 is 0 Å². The Balaban J connectivity index is 2.16. The Kier molecular flexibility index (Phi) is 3.90. The Morgan fingerprint density at radius 3 is 2.72 bits per heavy atom. The molecule has 0 aliphatic rings. The van der Waals surface area contributed by atoms with Crippen LogP contribution in [0.15, 0.2) is 47.5 Å². The van der Waals surface area contributed by atoms with Crippen LogP contribution in [-0.2, 0) is 6.54 Å². The minimum atomic E-state index is -0.262. The van der Waals surface area contributed by atoms with E-state index in [9.17, 15) is 4.79 Å². The molecule has 0 fully saturated rings. The van der Waals surface area contributed by atoms with Gasteiger partial charge in [-0.1, -0.05) is 24.0 Å². The second-order valence-electron chi connectivity index (χ2n) is 3.69. The summed E-state index contributed by atoms with van der Waals surface area (Å²) in [6.07, 6.45) is 3.18. The average Bonchev–Trinajstić information content (AvgIpc) is 2.41. The minimum absolute atomic E-state index is 0.146.